The van der Waals surface area contributed by atoms with Gasteiger partial charge in [0.15, 0.2) is 0 Å². The molecule has 20 heavy (non-hydrogen) atoms. The summed E-state index contributed by atoms with van der Waals surface area (Å²) in [5.41, 5.74) is 10.5. The molecule has 0 aromatic heterocycles. The summed E-state index contributed by atoms with van der Waals surface area (Å²) in [4.78, 5) is 2.32. The lowest BCUT2D eigenvalue weighted by Gasteiger charge is -2.22. The number of nitrogen functional groups attached to an aromatic ring is 1. The summed E-state index contributed by atoms with van der Waals surface area (Å²) in [5.74, 6) is 0.544. The van der Waals surface area contributed by atoms with E-state index in [9.17, 15) is 0 Å². The standard InChI is InChI=1S/C18H24N2/c1-14-5-4-6-18(13-14)20(3)12-11-15(2)16-7-9-17(19)10-8-16/h4-10,13,15H,11-12,19H2,1-3H3. The van der Waals surface area contributed by atoms with Gasteiger partial charge < -0.3 is 10.6 Å². The van der Waals surface area contributed by atoms with Crippen LogP contribution < -0.4 is 10.6 Å². The highest BCUT2D eigenvalue weighted by Gasteiger charge is 2.08. The summed E-state index contributed by atoms with van der Waals surface area (Å²) in [7, 11) is 2.16. The third-order valence-electron chi connectivity index (χ3n) is 3.85. The molecular weight excluding hydrogens is 244 g/mol. The van der Waals surface area contributed by atoms with Crippen LogP contribution in [0.5, 0.6) is 0 Å². The van der Waals surface area contributed by atoms with Crippen LogP contribution in [0.2, 0.25) is 0 Å². The first-order valence-corrected chi connectivity index (χ1v) is 7.19. The van der Waals surface area contributed by atoms with Crippen LogP contribution in [-0.4, -0.2) is 13.6 Å². The first-order chi connectivity index (χ1) is 9.56. The normalized spacial score (nSPS) is 12.2. The average molecular weight is 268 g/mol. The Labute approximate surface area is 122 Å². The maximum atomic E-state index is 5.73. The van der Waals surface area contributed by atoms with Gasteiger partial charge in [-0.1, -0.05) is 31.2 Å². The third-order valence-corrected chi connectivity index (χ3v) is 3.85. The second-order valence-corrected chi connectivity index (χ2v) is 5.62. The fraction of sp³-hybridized carbons (Fsp3) is 0.333. The van der Waals surface area contributed by atoms with E-state index in [-0.39, 0.29) is 0 Å². The summed E-state index contributed by atoms with van der Waals surface area (Å²) < 4.78 is 0. The molecule has 106 valence electrons. The molecule has 0 aliphatic heterocycles. The van der Waals surface area contributed by atoms with Crippen molar-refractivity contribution >= 4 is 11.4 Å². The molecule has 0 radical (unpaired) electrons. The first-order valence-electron chi connectivity index (χ1n) is 7.19. The van der Waals surface area contributed by atoms with E-state index in [1.165, 1.54) is 16.8 Å². The Hall–Kier alpha value is -1.96. The molecule has 0 saturated carbocycles. The molecule has 2 rings (SSSR count). The Bertz CT molecular complexity index is 546. The highest BCUT2D eigenvalue weighted by molar-refractivity contribution is 5.47. The average Bonchev–Trinajstić information content (AvgIpc) is 2.45. The Morgan fingerprint density at radius 1 is 1.10 bits per heavy atom. The molecule has 2 aromatic carbocycles. The van der Waals surface area contributed by atoms with E-state index in [2.05, 4.69) is 62.2 Å². The van der Waals surface area contributed by atoms with Crippen LogP contribution in [0.1, 0.15) is 30.4 Å². The van der Waals surface area contributed by atoms with Gasteiger partial charge in [0, 0.05) is 25.0 Å². The number of hydrogen-bond acceptors (Lipinski definition) is 2. The second-order valence-electron chi connectivity index (χ2n) is 5.62. The molecule has 2 N–H and O–H groups in total. The molecule has 0 aliphatic carbocycles. The third kappa shape index (κ3) is 3.77. The van der Waals surface area contributed by atoms with E-state index in [1.54, 1.807) is 0 Å². The van der Waals surface area contributed by atoms with Crippen molar-refractivity contribution in [1.29, 1.82) is 0 Å². The summed E-state index contributed by atoms with van der Waals surface area (Å²) in [6.07, 6.45) is 1.13. The van der Waals surface area contributed by atoms with Gasteiger partial charge in [0.05, 0.1) is 0 Å². The quantitative estimate of drug-likeness (QED) is 0.823. The minimum Gasteiger partial charge on any atom is -0.399 e. The summed E-state index contributed by atoms with van der Waals surface area (Å²) in [6, 6.07) is 16.9. The number of nitrogens with two attached hydrogens (primary N) is 1. The fourth-order valence-corrected chi connectivity index (χ4v) is 2.37. The lowest BCUT2D eigenvalue weighted by atomic mass is 9.97. The van der Waals surface area contributed by atoms with Crippen molar-refractivity contribution in [3.8, 4) is 0 Å². The van der Waals surface area contributed by atoms with E-state index in [1.807, 2.05) is 12.1 Å². The fourth-order valence-electron chi connectivity index (χ4n) is 2.37. The maximum absolute atomic E-state index is 5.73. The van der Waals surface area contributed by atoms with E-state index < -0.39 is 0 Å². The molecule has 2 heteroatoms. The number of hydrogen-bond donors (Lipinski definition) is 1. The molecule has 0 fully saturated rings. The van der Waals surface area contributed by atoms with Gasteiger partial charge in [-0.25, -0.2) is 0 Å². The summed E-state index contributed by atoms with van der Waals surface area (Å²) in [6.45, 7) is 5.46. The molecule has 0 saturated heterocycles. The second kappa shape index (κ2) is 6.47. The van der Waals surface area contributed by atoms with Crippen LogP contribution >= 0.6 is 0 Å². The Balaban J connectivity index is 1.93. The number of aryl methyl sites for hydroxylation is 1. The largest absolute Gasteiger partial charge is 0.399 e. The molecule has 2 nitrogen and oxygen atoms in total. The number of anilines is 2. The summed E-state index contributed by atoms with van der Waals surface area (Å²) in [5, 5.41) is 0. The Kier molecular flexibility index (Phi) is 4.67. The van der Waals surface area contributed by atoms with Crippen molar-refractivity contribution in [2.45, 2.75) is 26.2 Å². The molecule has 0 heterocycles. The van der Waals surface area contributed by atoms with Crippen molar-refractivity contribution in [1.82, 2.24) is 0 Å². The van der Waals surface area contributed by atoms with Gasteiger partial charge in [0.1, 0.15) is 0 Å². The number of nitrogens with zero attached hydrogens (tertiary/aromatic N) is 1. The van der Waals surface area contributed by atoms with Crippen molar-refractivity contribution in [2.24, 2.45) is 0 Å². The highest BCUT2D eigenvalue weighted by Crippen LogP contribution is 2.22. The lowest BCUT2D eigenvalue weighted by Crippen LogP contribution is -2.20. The minimum atomic E-state index is 0.544. The van der Waals surface area contributed by atoms with Gasteiger partial charge in [-0.05, 0) is 54.7 Å². The van der Waals surface area contributed by atoms with E-state index in [0.29, 0.717) is 5.92 Å². The van der Waals surface area contributed by atoms with E-state index in [4.69, 9.17) is 5.73 Å². The van der Waals surface area contributed by atoms with Crippen LogP contribution in [0, 0.1) is 6.92 Å². The number of rotatable bonds is 5. The van der Waals surface area contributed by atoms with Crippen molar-refractivity contribution in [3.05, 3.63) is 59.7 Å². The first kappa shape index (κ1) is 14.4. The lowest BCUT2D eigenvalue weighted by molar-refractivity contribution is 0.671. The molecule has 0 spiro atoms. The molecule has 0 bridgehead atoms. The zero-order valence-electron chi connectivity index (χ0n) is 12.6. The summed E-state index contributed by atoms with van der Waals surface area (Å²) >= 11 is 0. The van der Waals surface area contributed by atoms with Gasteiger partial charge >= 0.3 is 0 Å². The van der Waals surface area contributed by atoms with Crippen molar-refractivity contribution in [2.75, 3.05) is 24.2 Å². The van der Waals surface area contributed by atoms with Gasteiger partial charge in [0.25, 0.3) is 0 Å². The van der Waals surface area contributed by atoms with Gasteiger partial charge in [0.2, 0.25) is 0 Å². The molecule has 1 atom stereocenters. The SMILES string of the molecule is Cc1cccc(N(C)CCC(C)c2ccc(N)cc2)c1. The monoisotopic (exact) mass is 268 g/mol. The van der Waals surface area contributed by atoms with Gasteiger partial charge in [-0.2, -0.15) is 0 Å². The van der Waals surface area contributed by atoms with Gasteiger partial charge in [-0.3, -0.25) is 0 Å². The molecular formula is C18H24N2. The van der Waals surface area contributed by atoms with Crippen LogP contribution in [0.3, 0.4) is 0 Å². The van der Waals surface area contributed by atoms with Crippen molar-refractivity contribution in [3.63, 3.8) is 0 Å². The zero-order chi connectivity index (χ0) is 14.5. The van der Waals surface area contributed by atoms with E-state index in [0.717, 1.165) is 18.7 Å². The molecule has 0 amide bonds. The van der Waals surface area contributed by atoms with E-state index >= 15 is 0 Å². The van der Waals surface area contributed by atoms with Crippen LogP contribution in [0.15, 0.2) is 48.5 Å². The highest BCUT2D eigenvalue weighted by atomic mass is 15.1. The smallest absolute Gasteiger partial charge is 0.0366 e. The Morgan fingerprint density at radius 2 is 1.80 bits per heavy atom. The maximum Gasteiger partial charge on any atom is 0.0366 e. The van der Waals surface area contributed by atoms with Crippen molar-refractivity contribution < 1.29 is 0 Å². The van der Waals surface area contributed by atoms with Crippen LogP contribution in [0.4, 0.5) is 11.4 Å². The number of benzene rings is 2. The topological polar surface area (TPSA) is 29.3 Å². The van der Waals surface area contributed by atoms with Crippen LogP contribution in [0.25, 0.3) is 0 Å². The Morgan fingerprint density at radius 3 is 2.45 bits per heavy atom. The zero-order valence-corrected chi connectivity index (χ0v) is 12.6. The molecule has 0 aliphatic rings. The van der Waals surface area contributed by atoms with Crippen LogP contribution in [-0.2, 0) is 0 Å². The molecule has 2 aromatic rings. The predicted octanol–water partition coefficient (Wildman–Crippen LogP) is 4.21. The minimum absolute atomic E-state index is 0.544. The predicted molar refractivity (Wildman–Crippen MR) is 88.3 cm³/mol. The molecule has 1 unspecified atom stereocenters. The van der Waals surface area contributed by atoms with Gasteiger partial charge in [-0.15, -0.1) is 0 Å².